The number of para-hydroxylation sites is 1. The summed E-state index contributed by atoms with van der Waals surface area (Å²) in [7, 11) is 1.56. The van der Waals surface area contributed by atoms with Crippen molar-refractivity contribution in [2.75, 3.05) is 33.4 Å². The van der Waals surface area contributed by atoms with Crippen LogP contribution in [0.1, 0.15) is 38.2 Å². The number of ether oxygens (including phenoxy) is 2. The SMILES string of the molecule is CCCCC(=O)N(CCOC)[C@@H]1CC(C(=O)NCCO)=C[C@H](Oc2ccccc2C)C1O. The standard InChI is InChI=1S/C24H36N2O6/c1-4-5-10-22(28)26(12-14-31-3)19-15-18(24(30)25-11-13-27)16-21(23(19)29)32-20-9-7-6-8-17(20)2/h6-9,16,19,21,23,27,29H,4-5,10-15H2,1-3H3,(H,25,30)/t19-,21+,23?/m1/s1. The largest absolute Gasteiger partial charge is 0.483 e. The molecule has 0 aliphatic heterocycles. The van der Waals surface area contributed by atoms with Crippen LogP contribution in [-0.4, -0.2) is 78.6 Å². The third-order valence-corrected chi connectivity index (χ3v) is 5.57. The van der Waals surface area contributed by atoms with Crippen LogP contribution in [0.2, 0.25) is 0 Å². The van der Waals surface area contributed by atoms with Crippen molar-refractivity contribution >= 4 is 11.8 Å². The Labute approximate surface area is 190 Å². The van der Waals surface area contributed by atoms with Crippen molar-refractivity contribution in [1.82, 2.24) is 10.2 Å². The van der Waals surface area contributed by atoms with E-state index in [0.29, 0.717) is 30.9 Å². The monoisotopic (exact) mass is 448 g/mol. The number of unbranched alkanes of at least 4 members (excludes halogenated alkanes) is 1. The molecule has 1 unspecified atom stereocenters. The van der Waals surface area contributed by atoms with E-state index in [1.165, 1.54) is 0 Å². The zero-order chi connectivity index (χ0) is 23.5. The number of carbonyl (C=O) groups excluding carboxylic acids is 2. The van der Waals surface area contributed by atoms with Gasteiger partial charge in [0.05, 0.1) is 19.3 Å². The summed E-state index contributed by atoms with van der Waals surface area (Å²) in [5, 5.41) is 22.9. The highest BCUT2D eigenvalue weighted by atomic mass is 16.5. The number of amides is 2. The van der Waals surface area contributed by atoms with E-state index in [4.69, 9.17) is 14.6 Å². The molecule has 2 rings (SSSR count). The van der Waals surface area contributed by atoms with Crippen LogP contribution in [0.4, 0.5) is 0 Å². The highest BCUT2D eigenvalue weighted by Gasteiger charge is 2.40. The molecule has 1 aromatic rings. The molecule has 0 fully saturated rings. The van der Waals surface area contributed by atoms with Crippen LogP contribution in [-0.2, 0) is 14.3 Å². The molecule has 3 atom stereocenters. The van der Waals surface area contributed by atoms with Gasteiger partial charge < -0.3 is 29.9 Å². The number of carbonyl (C=O) groups is 2. The molecule has 2 amide bonds. The summed E-state index contributed by atoms with van der Waals surface area (Å²) >= 11 is 0. The average Bonchev–Trinajstić information content (AvgIpc) is 2.79. The number of rotatable bonds is 12. The molecule has 1 aliphatic rings. The molecule has 0 aromatic heterocycles. The van der Waals surface area contributed by atoms with Crippen molar-refractivity contribution in [3.8, 4) is 5.75 Å². The summed E-state index contributed by atoms with van der Waals surface area (Å²) in [5.74, 6) is 0.172. The predicted octanol–water partition coefficient (Wildman–Crippen LogP) is 1.58. The molecule has 0 heterocycles. The van der Waals surface area contributed by atoms with Crippen LogP contribution in [0.3, 0.4) is 0 Å². The minimum absolute atomic E-state index is 0.0837. The van der Waals surface area contributed by atoms with Crippen molar-refractivity contribution in [1.29, 1.82) is 0 Å². The molecule has 3 N–H and O–H groups in total. The maximum atomic E-state index is 13.0. The molecule has 0 spiro atoms. The van der Waals surface area contributed by atoms with Crippen molar-refractivity contribution in [3.63, 3.8) is 0 Å². The molecular formula is C24H36N2O6. The topological polar surface area (TPSA) is 108 Å². The average molecular weight is 449 g/mol. The van der Waals surface area contributed by atoms with Gasteiger partial charge in [-0.2, -0.15) is 0 Å². The molecule has 0 saturated heterocycles. The van der Waals surface area contributed by atoms with Crippen LogP contribution in [0.15, 0.2) is 35.9 Å². The Hall–Kier alpha value is -2.42. The van der Waals surface area contributed by atoms with Gasteiger partial charge in [-0.25, -0.2) is 0 Å². The van der Waals surface area contributed by atoms with Gasteiger partial charge in [0.2, 0.25) is 11.8 Å². The summed E-state index contributed by atoms with van der Waals surface area (Å²) in [6.45, 7) is 4.49. The summed E-state index contributed by atoms with van der Waals surface area (Å²) in [5.41, 5.74) is 1.31. The number of benzene rings is 1. The lowest BCUT2D eigenvalue weighted by Crippen LogP contribution is -2.55. The predicted molar refractivity (Wildman–Crippen MR) is 121 cm³/mol. The summed E-state index contributed by atoms with van der Waals surface area (Å²) < 4.78 is 11.3. The number of hydrogen-bond donors (Lipinski definition) is 3. The van der Waals surface area contributed by atoms with Gasteiger partial charge in [-0.05, 0) is 31.1 Å². The first kappa shape index (κ1) is 25.8. The zero-order valence-corrected chi connectivity index (χ0v) is 19.3. The lowest BCUT2D eigenvalue weighted by Gasteiger charge is -2.40. The third kappa shape index (κ3) is 7.05. The molecule has 0 bridgehead atoms. The van der Waals surface area contributed by atoms with Crippen LogP contribution in [0, 0.1) is 6.92 Å². The highest BCUT2D eigenvalue weighted by molar-refractivity contribution is 5.94. The lowest BCUT2D eigenvalue weighted by atomic mass is 9.88. The number of aliphatic hydroxyl groups is 2. The van der Waals surface area contributed by atoms with E-state index in [2.05, 4.69) is 5.32 Å². The second kappa shape index (κ2) is 13.2. The number of nitrogens with zero attached hydrogens (tertiary/aromatic N) is 1. The Morgan fingerprint density at radius 3 is 2.69 bits per heavy atom. The van der Waals surface area contributed by atoms with Gasteiger partial charge in [-0.3, -0.25) is 9.59 Å². The van der Waals surface area contributed by atoms with Crippen molar-refractivity contribution in [3.05, 3.63) is 41.5 Å². The molecule has 1 aromatic carbocycles. The maximum absolute atomic E-state index is 13.0. The minimum atomic E-state index is -1.02. The Bertz CT molecular complexity index is 782. The Morgan fingerprint density at radius 2 is 2.03 bits per heavy atom. The fourth-order valence-corrected chi connectivity index (χ4v) is 3.75. The number of aryl methyl sites for hydroxylation is 1. The summed E-state index contributed by atoms with van der Waals surface area (Å²) in [6, 6.07) is 6.81. The zero-order valence-electron chi connectivity index (χ0n) is 19.3. The van der Waals surface area contributed by atoms with Gasteiger partial charge >= 0.3 is 0 Å². The maximum Gasteiger partial charge on any atom is 0.247 e. The highest BCUT2D eigenvalue weighted by Crippen LogP contribution is 2.29. The molecule has 8 nitrogen and oxygen atoms in total. The Morgan fingerprint density at radius 1 is 1.28 bits per heavy atom. The van der Waals surface area contributed by atoms with E-state index >= 15 is 0 Å². The number of hydrogen-bond acceptors (Lipinski definition) is 6. The van der Waals surface area contributed by atoms with E-state index in [0.717, 1.165) is 18.4 Å². The van der Waals surface area contributed by atoms with Gasteiger partial charge in [0.1, 0.15) is 18.0 Å². The summed E-state index contributed by atoms with van der Waals surface area (Å²) in [6.07, 6.45) is 1.96. The van der Waals surface area contributed by atoms with Crippen molar-refractivity contribution in [2.24, 2.45) is 0 Å². The fraction of sp³-hybridized carbons (Fsp3) is 0.583. The van der Waals surface area contributed by atoms with Crippen LogP contribution in [0.25, 0.3) is 0 Å². The molecular weight excluding hydrogens is 412 g/mol. The van der Waals surface area contributed by atoms with E-state index in [-0.39, 0.29) is 31.4 Å². The van der Waals surface area contributed by atoms with E-state index in [1.54, 1.807) is 24.2 Å². The van der Waals surface area contributed by atoms with Crippen LogP contribution in [0.5, 0.6) is 5.75 Å². The first-order chi connectivity index (χ1) is 15.4. The second-order valence-electron chi connectivity index (χ2n) is 7.96. The van der Waals surface area contributed by atoms with E-state index in [1.807, 2.05) is 32.0 Å². The van der Waals surface area contributed by atoms with E-state index < -0.39 is 18.2 Å². The second-order valence-corrected chi connectivity index (χ2v) is 7.96. The smallest absolute Gasteiger partial charge is 0.247 e. The number of nitrogens with one attached hydrogen (secondary N) is 1. The first-order valence-electron chi connectivity index (χ1n) is 11.2. The Kier molecular flexibility index (Phi) is 10.7. The molecule has 32 heavy (non-hydrogen) atoms. The Balaban J connectivity index is 2.35. The molecule has 8 heteroatoms. The molecule has 0 radical (unpaired) electrons. The quantitative estimate of drug-likeness (QED) is 0.448. The number of methoxy groups -OCH3 is 1. The molecule has 1 aliphatic carbocycles. The third-order valence-electron chi connectivity index (χ3n) is 5.57. The van der Waals surface area contributed by atoms with E-state index in [9.17, 15) is 14.7 Å². The number of aliphatic hydroxyl groups excluding tert-OH is 2. The first-order valence-corrected chi connectivity index (χ1v) is 11.2. The molecule has 0 saturated carbocycles. The van der Waals surface area contributed by atoms with Crippen molar-refractivity contribution in [2.45, 2.75) is 57.8 Å². The van der Waals surface area contributed by atoms with Crippen LogP contribution < -0.4 is 10.1 Å². The van der Waals surface area contributed by atoms with Gasteiger partial charge in [0.25, 0.3) is 0 Å². The molecule has 178 valence electrons. The van der Waals surface area contributed by atoms with Crippen molar-refractivity contribution < 1.29 is 29.3 Å². The minimum Gasteiger partial charge on any atom is -0.483 e. The van der Waals surface area contributed by atoms with Gasteiger partial charge in [0.15, 0.2) is 0 Å². The summed E-state index contributed by atoms with van der Waals surface area (Å²) in [4.78, 5) is 27.3. The lowest BCUT2D eigenvalue weighted by molar-refractivity contribution is -0.139. The van der Waals surface area contributed by atoms with Gasteiger partial charge in [-0.1, -0.05) is 31.5 Å². The fourth-order valence-electron chi connectivity index (χ4n) is 3.75. The van der Waals surface area contributed by atoms with Gasteiger partial charge in [0, 0.05) is 38.6 Å². The normalized spacial score (nSPS) is 20.4. The van der Waals surface area contributed by atoms with Gasteiger partial charge in [-0.15, -0.1) is 0 Å². The van der Waals surface area contributed by atoms with Crippen LogP contribution >= 0.6 is 0 Å².